The molecule has 1 atom stereocenters. The van der Waals surface area contributed by atoms with Crippen molar-refractivity contribution in [3.05, 3.63) is 105 Å². The SMILES string of the molecule is CNC(=O)[C@H](Cc1ccccc1)N(Cc1ccc(Cl)c(Cl)c1)C(=O)CSCc1ccccc1F. The Labute approximate surface area is 213 Å². The molecule has 0 aliphatic carbocycles. The first-order chi connectivity index (χ1) is 16.4. The number of halogens is 3. The number of rotatable bonds is 10. The van der Waals surface area contributed by atoms with Crippen LogP contribution in [0.3, 0.4) is 0 Å². The normalized spacial score (nSPS) is 11.6. The molecule has 2 amide bonds. The molecule has 0 fully saturated rings. The largest absolute Gasteiger partial charge is 0.357 e. The van der Waals surface area contributed by atoms with Crippen LogP contribution in [0.4, 0.5) is 4.39 Å². The topological polar surface area (TPSA) is 49.4 Å². The van der Waals surface area contributed by atoms with Gasteiger partial charge in [0.05, 0.1) is 15.8 Å². The second-order valence-corrected chi connectivity index (χ2v) is 9.47. The number of carbonyl (C=O) groups is 2. The molecule has 0 bridgehead atoms. The zero-order valence-corrected chi connectivity index (χ0v) is 21.0. The first kappa shape index (κ1) is 26.1. The van der Waals surface area contributed by atoms with Gasteiger partial charge in [-0.15, -0.1) is 11.8 Å². The lowest BCUT2D eigenvalue weighted by Gasteiger charge is -2.31. The van der Waals surface area contributed by atoms with Gasteiger partial charge >= 0.3 is 0 Å². The van der Waals surface area contributed by atoms with Crippen LogP contribution in [0.5, 0.6) is 0 Å². The van der Waals surface area contributed by atoms with E-state index >= 15 is 0 Å². The van der Waals surface area contributed by atoms with Crippen molar-refractivity contribution in [1.29, 1.82) is 0 Å². The van der Waals surface area contributed by atoms with Gasteiger partial charge in [-0.05, 0) is 34.9 Å². The molecule has 3 rings (SSSR count). The maximum Gasteiger partial charge on any atom is 0.242 e. The first-order valence-electron chi connectivity index (χ1n) is 10.7. The summed E-state index contributed by atoms with van der Waals surface area (Å²) in [5, 5.41) is 3.47. The molecule has 0 aliphatic rings. The molecule has 0 aliphatic heterocycles. The molecule has 0 unspecified atom stereocenters. The van der Waals surface area contributed by atoms with Gasteiger partial charge in [-0.2, -0.15) is 0 Å². The highest BCUT2D eigenvalue weighted by atomic mass is 35.5. The first-order valence-corrected chi connectivity index (χ1v) is 12.6. The van der Waals surface area contributed by atoms with E-state index in [1.165, 1.54) is 17.8 Å². The van der Waals surface area contributed by atoms with Crippen molar-refractivity contribution in [3.8, 4) is 0 Å². The summed E-state index contributed by atoms with van der Waals surface area (Å²) < 4.78 is 14.0. The predicted octanol–water partition coefficient (Wildman–Crippen LogP) is 5.75. The Morgan fingerprint density at radius 2 is 1.68 bits per heavy atom. The van der Waals surface area contributed by atoms with Crippen LogP contribution >= 0.6 is 35.0 Å². The minimum atomic E-state index is -0.733. The van der Waals surface area contributed by atoms with Gasteiger partial charge in [-0.25, -0.2) is 4.39 Å². The molecule has 0 aromatic heterocycles. The molecule has 8 heteroatoms. The van der Waals surface area contributed by atoms with Crippen molar-refractivity contribution in [2.75, 3.05) is 12.8 Å². The van der Waals surface area contributed by atoms with E-state index in [1.54, 1.807) is 48.3 Å². The molecule has 1 N–H and O–H groups in total. The van der Waals surface area contributed by atoms with E-state index in [0.29, 0.717) is 27.8 Å². The maximum atomic E-state index is 14.0. The Hall–Kier alpha value is -2.54. The lowest BCUT2D eigenvalue weighted by atomic mass is 10.0. The Morgan fingerprint density at radius 1 is 0.971 bits per heavy atom. The minimum Gasteiger partial charge on any atom is -0.357 e. The number of amides is 2. The van der Waals surface area contributed by atoms with E-state index in [0.717, 1.165) is 11.1 Å². The third-order valence-corrected chi connectivity index (χ3v) is 7.00. The number of nitrogens with zero attached hydrogens (tertiary/aromatic N) is 1. The highest BCUT2D eigenvalue weighted by molar-refractivity contribution is 7.99. The smallest absolute Gasteiger partial charge is 0.242 e. The van der Waals surface area contributed by atoms with Crippen molar-refractivity contribution in [2.24, 2.45) is 0 Å². The van der Waals surface area contributed by atoms with Gasteiger partial charge in [-0.3, -0.25) is 9.59 Å². The molecule has 178 valence electrons. The van der Waals surface area contributed by atoms with Crippen molar-refractivity contribution in [2.45, 2.75) is 24.8 Å². The van der Waals surface area contributed by atoms with E-state index < -0.39 is 6.04 Å². The van der Waals surface area contributed by atoms with Crippen LogP contribution in [-0.4, -0.2) is 35.6 Å². The molecule has 3 aromatic rings. The molecule has 0 spiro atoms. The van der Waals surface area contributed by atoms with Gasteiger partial charge < -0.3 is 10.2 Å². The van der Waals surface area contributed by atoms with Gasteiger partial charge in [0, 0.05) is 25.8 Å². The quantitative estimate of drug-likeness (QED) is 0.371. The minimum absolute atomic E-state index is 0.0952. The number of thioether (sulfide) groups is 1. The van der Waals surface area contributed by atoms with Crippen LogP contribution in [-0.2, 0) is 28.3 Å². The van der Waals surface area contributed by atoms with E-state index in [9.17, 15) is 14.0 Å². The van der Waals surface area contributed by atoms with Crippen LogP contribution in [0.15, 0.2) is 72.8 Å². The molecule has 34 heavy (non-hydrogen) atoms. The Bertz CT molecular complexity index is 1130. The van der Waals surface area contributed by atoms with Gasteiger partial charge in [0.25, 0.3) is 0 Å². The zero-order valence-electron chi connectivity index (χ0n) is 18.6. The van der Waals surface area contributed by atoms with Crippen molar-refractivity contribution in [3.63, 3.8) is 0 Å². The molecule has 4 nitrogen and oxygen atoms in total. The molecule has 0 saturated heterocycles. The number of benzene rings is 3. The summed E-state index contributed by atoms with van der Waals surface area (Å²) in [5.41, 5.74) is 2.22. The average molecular weight is 519 g/mol. The number of likely N-dealkylation sites (N-methyl/N-ethyl adjacent to an activating group) is 1. The van der Waals surface area contributed by atoms with Gasteiger partial charge in [0.2, 0.25) is 11.8 Å². The predicted molar refractivity (Wildman–Crippen MR) is 138 cm³/mol. The summed E-state index contributed by atoms with van der Waals surface area (Å²) in [6.07, 6.45) is 0.353. The van der Waals surface area contributed by atoms with Crippen LogP contribution in [0.25, 0.3) is 0 Å². The summed E-state index contributed by atoms with van der Waals surface area (Å²) in [6, 6.07) is 20.4. The molecule has 0 radical (unpaired) electrons. The third kappa shape index (κ3) is 7.23. The Morgan fingerprint density at radius 3 is 2.35 bits per heavy atom. The zero-order chi connectivity index (χ0) is 24.5. The molecule has 0 saturated carbocycles. The van der Waals surface area contributed by atoms with Crippen molar-refractivity contribution in [1.82, 2.24) is 10.2 Å². The second kappa shape index (κ2) is 12.8. The lowest BCUT2D eigenvalue weighted by Crippen LogP contribution is -2.50. The van der Waals surface area contributed by atoms with Gasteiger partial charge in [0.15, 0.2) is 0 Å². The molecule has 0 heterocycles. The van der Waals surface area contributed by atoms with E-state index in [4.69, 9.17) is 23.2 Å². The summed E-state index contributed by atoms with van der Waals surface area (Å²) >= 11 is 13.5. The fourth-order valence-electron chi connectivity index (χ4n) is 3.50. The summed E-state index contributed by atoms with van der Waals surface area (Å²) in [4.78, 5) is 27.9. The van der Waals surface area contributed by atoms with Crippen LogP contribution in [0.1, 0.15) is 16.7 Å². The molecule has 3 aromatic carbocycles. The summed E-state index contributed by atoms with van der Waals surface area (Å²) in [5.74, 6) is -0.351. The maximum absolute atomic E-state index is 14.0. The molecular weight excluding hydrogens is 494 g/mol. The lowest BCUT2D eigenvalue weighted by molar-refractivity contribution is -0.139. The van der Waals surface area contributed by atoms with E-state index in [1.807, 2.05) is 30.3 Å². The number of nitrogens with one attached hydrogen (secondary N) is 1. The molecular formula is C26H25Cl2FN2O2S. The van der Waals surface area contributed by atoms with Crippen LogP contribution in [0.2, 0.25) is 10.0 Å². The van der Waals surface area contributed by atoms with Crippen LogP contribution in [0, 0.1) is 5.82 Å². The highest BCUT2D eigenvalue weighted by Gasteiger charge is 2.29. The summed E-state index contributed by atoms with van der Waals surface area (Å²) in [7, 11) is 1.55. The fraction of sp³-hybridized carbons (Fsp3) is 0.231. The number of hydrogen-bond donors (Lipinski definition) is 1. The fourth-order valence-corrected chi connectivity index (χ4v) is 4.72. The van der Waals surface area contributed by atoms with E-state index in [-0.39, 0.29) is 29.9 Å². The van der Waals surface area contributed by atoms with Crippen molar-refractivity contribution >= 4 is 46.8 Å². The van der Waals surface area contributed by atoms with E-state index in [2.05, 4.69) is 5.32 Å². The van der Waals surface area contributed by atoms with Gasteiger partial charge in [-0.1, -0.05) is 77.8 Å². The Balaban J connectivity index is 1.84. The number of carbonyl (C=O) groups excluding carboxylic acids is 2. The monoisotopic (exact) mass is 518 g/mol. The number of hydrogen-bond acceptors (Lipinski definition) is 3. The van der Waals surface area contributed by atoms with Gasteiger partial charge in [0.1, 0.15) is 11.9 Å². The second-order valence-electron chi connectivity index (χ2n) is 7.67. The Kier molecular flexibility index (Phi) is 9.81. The van der Waals surface area contributed by atoms with Crippen molar-refractivity contribution < 1.29 is 14.0 Å². The van der Waals surface area contributed by atoms with Crippen LogP contribution < -0.4 is 5.32 Å². The summed E-state index contributed by atoms with van der Waals surface area (Å²) in [6.45, 7) is 0.181. The standard InChI is InChI=1S/C26H25Cl2FN2O2S/c1-30-26(33)24(14-18-7-3-2-4-8-18)31(15-19-11-12-21(27)22(28)13-19)25(32)17-34-16-20-9-5-6-10-23(20)29/h2-13,24H,14-17H2,1H3,(H,30,33)/t24-/m0/s1. The average Bonchev–Trinajstić information content (AvgIpc) is 2.84. The highest BCUT2D eigenvalue weighted by Crippen LogP contribution is 2.25. The third-order valence-electron chi connectivity index (χ3n) is 5.30.